The number of aryl methyl sites for hydroxylation is 4. The first-order valence-electron chi connectivity index (χ1n) is 11.8. The number of carbonyl (C=O) groups excluding carboxylic acids is 1. The van der Waals surface area contributed by atoms with E-state index in [4.69, 9.17) is 4.98 Å². The number of rotatable bonds is 5. The molecular formula is C26H32N4OS. The van der Waals surface area contributed by atoms with E-state index in [1.165, 1.54) is 39.8 Å². The molecule has 1 amide bonds. The monoisotopic (exact) mass is 448 g/mol. The normalized spacial score (nSPS) is 16.9. The van der Waals surface area contributed by atoms with E-state index in [1.54, 1.807) is 11.3 Å². The van der Waals surface area contributed by atoms with Crippen LogP contribution in [0.25, 0.3) is 10.2 Å². The molecule has 0 spiro atoms. The van der Waals surface area contributed by atoms with Crippen molar-refractivity contribution in [3.8, 4) is 0 Å². The van der Waals surface area contributed by atoms with Crippen LogP contribution in [-0.4, -0.2) is 55.1 Å². The Morgan fingerprint density at radius 2 is 1.81 bits per heavy atom. The van der Waals surface area contributed by atoms with Gasteiger partial charge in [-0.2, -0.15) is 0 Å². The van der Waals surface area contributed by atoms with Crippen molar-refractivity contribution in [2.75, 3.05) is 44.2 Å². The van der Waals surface area contributed by atoms with Crippen molar-refractivity contribution in [3.05, 3.63) is 58.1 Å². The number of aromatic nitrogens is 1. The number of nitrogens with zero attached hydrogens (tertiary/aromatic N) is 3. The molecule has 1 aliphatic carbocycles. The van der Waals surface area contributed by atoms with Crippen molar-refractivity contribution in [2.24, 2.45) is 0 Å². The summed E-state index contributed by atoms with van der Waals surface area (Å²) >= 11 is 1.80. The fourth-order valence-corrected chi connectivity index (χ4v) is 6.15. The van der Waals surface area contributed by atoms with Crippen molar-refractivity contribution < 1.29 is 4.79 Å². The number of anilines is 1. The van der Waals surface area contributed by atoms with Gasteiger partial charge in [-0.05, 0) is 80.0 Å². The SMILES string of the molecule is Cc1cc(C)c2nc(N3CCN(CCNC(=O)c4ccc5c(c4)CCCC5)CC3)sc2c1. The molecule has 0 radical (unpaired) electrons. The zero-order valence-corrected chi connectivity index (χ0v) is 19.9. The Morgan fingerprint density at radius 1 is 1.03 bits per heavy atom. The summed E-state index contributed by atoms with van der Waals surface area (Å²) in [6.45, 7) is 9.85. The molecule has 5 nitrogen and oxygen atoms in total. The third-order valence-corrected chi connectivity index (χ3v) is 7.85. The number of carbonyl (C=O) groups is 1. The maximum Gasteiger partial charge on any atom is 0.251 e. The van der Waals surface area contributed by atoms with Gasteiger partial charge in [0.25, 0.3) is 5.91 Å². The first-order valence-corrected chi connectivity index (χ1v) is 12.6. The number of nitrogens with one attached hydrogen (secondary N) is 1. The zero-order chi connectivity index (χ0) is 22.1. The topological polar surface area (TPSA) is 48.5 Å². The predicted molar refractivity (Wildman–Crippen MR) is 133 cm³/mol. The maximum absolute atomic E-state index is 12.6. The van der Waals surface area contributed by atoms with Crippen LogP contribution in [0.1, 0.15) is 45.5 Å². The molecular weight excluding hydrogens is 416 g/mol. The number of fused-ring (bicyclic) bond motifs is 2. The van der Waals surface area contributed by atoms with Crippen LogP contribution in [0.5, 0.6) is 0 Å². The Hall–Kier alpha value is -2.44. The van der Waals surface area contributed by atoms with Crippen molar-refractivity contribution >= 4 is 32.6 Å². The Morgan fingerprint density at radius 3 is 2.62 bits per heavy atom. The molecule has 1 aromatic heterocycles. The van der Waals surface area contributed by atoms with Crippen LogP contribution < -0.4 is 10.2 Å². The van der Waals surface area contributed by atoms with Gasteiger partial charge in [-0.25, -0.2) is 4.98 Å². The van der Waals surface area contributed by atoms with Crippen LogP contribution in [0, 0.1) is 13.8 Å². The molecule has 0 unspecified atom stereocenters. The van der Waals surface area contributed by atoms with Gasteiger partial charge in [-0.3, -0.25) is 9.69 Å². The zero-order valence-electron chi connectivity index (χ0n) is 19.1. The van der Waals surface area contributed by atoms with Gasteiger partial charge in [0.05, 0.1) is 10.2 Å². The lowest BCUT2D eigenvalue weighted by atomic mass is 9.90. The molecule has 0 bridgehead atoms. The number of benzene rings is 2. The molecule has 1 aliphatic heterocycles. The highest BCUT2D eigenvalue weighted by molar-refractivity contribution is 7.22. The van der Waals surface area contributed by atoms with E-state index in [1.807, 2.05) is 6.07 Å². The van der Waals surface area contributed by atoms with Crippen LogP contribution in [0.4, 0.5) is 5.13 Å². The third-order valence-electron chi connectivity index (χ3n) is 6.79. The quantitative estimate of drug-likeness (QED) is 0.631. The van der Waals surface area contributed by atoms with Crippen molar-refractivity contribution in [3.63, 3.8) is 0 Å². The summed E-state index contributed by atoms with van der Waals surface area (Å²) < 4.78 is 1.28. The lowest BCUT2D eigenvalue weighted by molar-refractivity contribution is 0.0947. The molecule has 2 aromatic carbocycles. The largest absolute Gasteiger partial charge is 0.351 e. The fraction of sp³-hybridized carbons (Fsp3) is 0.462. The first-order chi connectivity index (χ1) is 15.6. The molecule has 0 saturated carbocycles. The number of hydrogen-bond donors (Lipinski definition) is 1. The number of amides is 1. The first kappa shape index (κ1) is 21.4. The van der Waals surface area contributed by atoms with Crippen LogP contribution in [0.3, 0.4) is 0 Å². The minimum Gasteiger partial charge on any atom is -0.351 e. The smallest absolute Gasteiger partial charge is 0.251 e. The average Bonchev–Trinajstić information content (AvgIpc) is 3.23. The highest BCUT2D eigenvalue weighted by Gasteiger charge is 2.20. The predicted octanol–water partition coefficient (Wildman–Crippen LogP) is 4.34. The molecule has 3 aromatic rings. The molecule has 2 heterocycles. The molecule has 5 rings (SSSR count). The van der Waals surface area contributed by atoms with E-state index in [0.29, 0.717) is 6.54 Å². The molecule has 32 heavy (non-hydrogen) atoms. The van der Waals surface area contributed by atoms with Crippen molar-refractivity contribution in [2.45, 2.75) is 39.5 Å². The van der Waals surface area contributed by atoms with E-state index >= 15 is 0 Å². The Balaban J connectivity index is 1.11. The molecule has 6 heteroatoms. The highest BCUT2D eigenvalue weighted by Crippen LogP contribution is 2.32. The van der Waals surface area contributed by atoms with Gasteiger partial charge in [0.15, 0.2) is 5.13 Å². The maximum atomic E-state index is 12.6. The molecule has 1 saturated heterocycles. The highest BCUT2D eigenvalue weighted by atomic mass is 32.1. The van der Waals surface area contributed by atoms with E-state index in [-0.39, 0.29) is 5.91 Å². The van der Waals surface area contributed by atoms with Crippen LogP contribution in [0.15, 0.2) is 30.3 Å². The second kappa shape index (κ2) is 9.20. The summed E-state index contributed by atoms with van der Waals surface area (Å²) in [4.78, 5) is 22.4. The second-order valence-corrected chi connectivity index (χ2v) is 10.2. The third kappa shape index (κ3) is 4.52. The van der Waals surface area contributed by atoms with Crippen molar-refractivity contribution in [1.82, 2.24) is 15.2 Å². The lowest BCUT2D eigenvalue weighted by Crippen LogP contribution is -2.48. The summed E-state index contributed by atoms with van der Waals surface area (Å²) in [5, 5.41) is 4.25. The lowest BCUT2D eigenvalue weighted by Gasteiger charge is -2.34. The summed E-state index contributed by atoms with van der Waals surface area (Å²) in [7, 11) is 0. The summed E-state index contributed by atoms with van der Waals surface area (Å²) in [6.07, 6.45) is 4.76. The van der Waals surface area contributed by atoms with E-state index in [2.05, 4.69) is 53.2 Å². The van der Waals surface area contributed by atoms with E-state index in [9.17, 15) is 4.79 Å². The van der Waals surface area contributed by atoms with E-state index in [0.717, 1.165) is 61.8 Å². The molecule has 2 aliphatic rings. The van der Waals surface area contributed by atoms with E-state index < -0.39 is 0 Å². The number of hydrogen-bond acceptors (Lipinski definition) is 5. The van der Waals surface area contributed by atoms with Crippen LogP contribution in [0.2, 0.25) is 0 Å². The second-order valence-electron chi connectivity index (χ2n) is 9.20. The number of thiazole rings is 1. The van der Waals surface area contributed by atoms with Crippen LogP contribution >= 0.6 is 11.3 Å². The van der Waals surface area contributed by atoms with Gasteiger partial charge < -0.3 is 10.2 Å². The summed E-state index contributed by atoms with van der Waals surface area (Å²) in [6, 6.07) is 10.7. The minimum atomic E-state index is 0.0529. The van der Waals surface area contributed by atoms with Gasteiger partial charge >= 0.3 is 0 Å². The van der Waals surface area contributed by atoms with Gasteiger partial charge in [0.1, 0.15) is 0 Å². The van der Waals surface area contributed by atoms with Gasteiger partial charge in [0, 0.05) is 44.8 Å². The Bertz CT molecular complexity index is 1130. The Labute approximate surface area is 194 Å². The molecule has 1 N–H and O–H groups in total. The fourth-order valence-electron chi connectivity index (χ4n) is 4.96. The standard InChI is InChI=1S/C26H32N4OS/c1-18-15-19(2)24-23(16-18)32-26(28-24)30-13-11-29(12-14-30)10-9-27-25(31)22-8-7-20-5-3-4-6-21(20)17-22/h7-8,15-17H,3-6,9-14H2,1-2H3,(H,27,31). The van der Waals surface area contributed by atoms with Crippen molar-refractivity contribution in [1.29, 1.82) is 0 Å². The average molecular weight is 449 g/mol. The molecule has 0 atom stereocenters. The molecule has 168 valence electrons. The van der Waals surface area contributed by atoms with Crippen LogP contribution in [-0.2, 0) is 12.8 Å². The summed E-state index contributed by atoms with van der Waals surface area (Å²) in [5.74, 6) is 0.0529. The molecule has 1 fully saturated rings. The summed E-state index contributed by atoms with van der Waals surface area (Å²) in [5.41, 5.74) is 7.28. The number of piperazine rings is 1. The van der Waals surface area contributed by atoms with Gasteiger partial charge in [-0.1, -0.05) is 23.5 Å². The Kier molecular flexibility index (Phi) is 6.15. The minimum absolute atomic E-state index is 0.0529. The van der Waals surface area contributed by atoms with Gasteiger partial charge in [-0.15, -0.1) is 0 Å². The van der Waals surface area contributed by atoms with Gasteiger partial charge in [0.2, 0.25) is 0 Å².